The van der Waals surface area contributed by atoms with Crippen molar-refractivity contribution in [3.05, 3.63) is 78.9 Å². The van der Waals surface area contributed by atoms with Gasteiger partial charge in [-0.15, -0.1) is 6.58 Å². The Morgan fingerprint density at radius 1 is 1.00 bits per heavy atom. The van der Waals surface area contributed by atoms with Gasteiger partial charge in [-0.25, -0.2) is 4.98 Å². The molecule has 0 aliphatic heterocycles. The van der Waals surface area contributed by atoms with Crippen LogP contribution < -0.4 is 5.32 Å². The Morgan fingerprint density at radius 3 is 2.55 bits per heavy atom. The number of pyridine rings is 1. The summed E-state index contributed by atoms with van der Waals surface area (Å²) in [6.07, 6.45) is 2.70. The van der Waals surface area contributed by atoms with Gasteiger partial charge in [0.25, 0.3) is 0 Å². The molecule has 0 atom stereocenters. The highest BCUT2D eigenvalue weighted by atomic mass is 15.0. The number of allylic oxidation sites excluding steroid dienone is 1. The van der Waals surface area contributed by atoms with Crippen LogP contribution in [0.3, 0.4) is 0 Å². The quantitative estimate of drug-likeness (QED) is 0.687. The summed E-state index contributed by atoms with van der Waals surface area (Å²) < 4.78 is 0. The van der Waals surface area contributed by atoms with Crippen molar-refractivity contribution in [3.8, 4) is 0 Å². The first-order valence-electron chi connectivity index (χ1n) is 6.68. The van der Waals surface area contributed by atoms with Crippen molar-refractivity contribution in [3.63, 3.8) is 0 Å². The molecular weight excluding hydrogens is 244 g/mol. The van der Waals surface area contributed by atoms with Gasteiger partial charge in [0, 0.05) is 11.1 Å². The fraction of sp³-hybridized carbons (Fsp3) is 0.0556. The minimum Gasteiger partial charge on any atom is -0.340 e. The lowest BCUT2D eigenvalue weighted by Crippen LogP contribution is -1.99. The molecule has 2 heteroatoms. The maximum atomic E-state index is 4.73. The number of hydrogen-bond acceptors (Lipinski definition) is 2. The van der Waals surface area contributed by atoms with Crippen molar-refractivity contribution in [1.29, 1.82) is 0 Å². The van der Waals surface area contributed by atoms with Crippen molar-refractivity contribution in [2.45, 2.75) is 6.42 Å². The second-order valence-electron chi connectivity index (χ2n) is 4.67. The molecular formula is C18H16N2. The average Bonchev–Trinajstić information content (AvgIpc) is 2.49. The molecule has 0 saturated heterocycles. The van der Waals surface area contributed by atoms with Crippen molar-refractivity contribution in [2.75, 3.05) is 5.32 Å². The predicted molar refractivity (Wildman–Crippen MR) is 85.4 cm³/mol. The van der Waals surface area contributed by atoms with Crippen LogP contribution in [0.4, 0.5) is 11.5 Å². The Labute approximate surface area is 118 Å². The highest BCUT2D eigenvalue weighted by molar-refractivity contribution is 5.82. The molecule has 0 aliphatic rings. The van der Waals surface area contributed by atoms with E-state index in [1.54, 1.807) is 0 Å². The molecule has 0 radical (unpaired) electrons. The van der Waals surface area contributed by atoms with Crippen LogP contribution in [-0.4, -0.2) is 4.98 Å². The molecule has 2 aromatic carbocycles. The van der Waals surface area contributed by atoms with Gasteiger partial charge in [0.15, 0.2) is 0 Å². The van der Waals surface area contributed by atoms with Crippen LogP contribution in [0.25, 0.3) is 10.9 Å². The molecule has 0 saturated carbocycles. The third-order valence-corrected chi connectivity index (χ3v) is 3.20. The van der Waals surface area contributed by atoms with Gasteiger partial charge in [0.2, 0.25) is 0 Å². The van der Waals surface area contributed by atoms with Crippen LogP contribution in [-0.2, 0) is 6.42 Å². The minimum absolute atomic E-state index is 0.799. The van der Waals surface area contributed by atoms with Gasteiger partial charge in [-0.2, -0.15) is 0 Å². The lowest BCUT2D eigenvalue weighted by molar-refractivity contribution is 1.22. The monoisotopic (exact) mass is 260 g/mol. The van der Waals surface area contributed by atoms with E-state index in [0.29, 0.717) is 0 Å². The van der Waals surface area contributed by atoms with Gasteiger partial charge in [-0.3, -0.25) is 0 Å². The largest absolute Gasteiger partial charge is 0.340 e. The SMILES string of the molecule is C=CCc1cc2ccccc2nc1Nc1ccccc1. The van der Waals surface area contributed by atoms with E-state index < -0.39 is 0 Å². The Hall–Kier alpha value is -2.61. The summed E-state index contributed by atoms with van der Waals surface area (Å²) in [4.78, 5) is 4.73. The van der Waals surface area contributed by atoms with Gasteiger partial charge in [0.1, 0.15) is 5.82 Å². The van der Waals surface area contributed by atoms with Crippen LogP contribution in [0.1, 0.15) is 5.56 Å². The number of fused-ring (bicyclic) bond motifs is 1. The van der Waals surface area contributed by atoms with Crippen LogP contribution >= 0.6 is 0 Å². The van der Waals surface area contributed by atoms with Crippen molar-refractivity contribution < 1.29 is 0 Å². The standard InChI is InChI=1S/C18H16N2/c1-2-8-15-13-14-9-6-7-12-17(14)20-18(15)19-16-10-4-3-5-11-16/h2-7,9-13H,1,8H2,(H,19,20). The van der Waals surface area contributed by atoms with Gasteiger partial charge in [-0.05, 0) is 36.2 Å². The summed E-state index contributed by atoms with van der Waals surface area (Å²) in [5, 5.41) is 4.55. The zero-order chi connectivity index (χ0) is 13.8. The number of para-hydroxylation sites is 2. The number of anilines is 2. The highest BCUT2D eigenvalue weighted by Crippen LogP contribution is 2.24. The van der Waals surface area contributed by atoms with E-state index in [-0.39, 0.29) is 0 Å². The van der Waals surface area contributed by atoms with Crippen molar-refractivity contribution in [1.82, 2.24) is 4.98 Å². The minimum atomic E-state index is 0.799. The molecule has 20 heavy (non-hydrogen) atoms. The highest BCUT2D eigenvalue weighted by Gasteiger charge is 2.06. The number of nitrogens with zero attached hydrogens (tertiary/aromatic N) is 1. The zero-order valence-electron chi connectivity index (χ0n) is 11.2. The number of benzene rings is 2. The summed E-state index contributed by atoms with van der Waals surface area (Å²) in [5.74, 6) is 0.898. The summed E-state index contributed by atoms with van der Waals surface area (Å²) in [5.41, 5.74) is 3.20. The summed E-state index contributed by atoms with van der Waals surface area (Å²) in [6.45, 7) is 3.83. The first-order chi connectivity index (χ1) is 9.86. The fourth-order valence-corrected chi connectivity index (χ4v) is 2.24. The van der Waals surface area contributed by atoms with E-state index in [1.165, 1.54) is 0 Å². The molecule has 3 rings (SSSR count). The van der Waals surface area contributed by atoms with E-state index in [0.717, 1.165) is 34.4 Å². The predicted octanol–water partition coefficient (Wildman–Crippen LogP) is 4.71. The number of rotatable bonds is 4. The van der Waals surface area contributed by atoms with Crippen LogP contribution in [0, 0.1) is 0 Å². The summed E-state index contributed by atoms with van der Waals surface area (Å²) in [7, 11) is 0. The molecule has 3 aromatic rings. The van der Waals surface area contributed by atoms with E-state index in [9.17, 15) is 0 Å². The lowest BCUT2D eigenvalue weighted by atomic mass is 10.1. The van der Waals surface area contributed by atoms with E-state index in [4.69, 9.17) is 4.98 Å². The molecule has 2 nitrogen and oxygen atoms in total. The van der Waals surface area contributed by atoms with Crippen LogP contribution in [0.15, 0.2) is 73.3 Å². The van der Waals surface area contributed by atoms with E-state index in [2.05, 4.69) is 24.0 Å². The number of aromatic nitrogens is 1. The molecule has 0 fully saturated rings. The third-order valence-electron chi connectivity index (χ3n) is 3.20. The van der Waals surface area contributed by atoms with Crippen LogP contribution in [0.5, 0.6) is 0 Å². The Balaban J connectivity index is 2.07. The molecule has 0 bridgehead atoms. The van der Waals surface area contributed by atoms with Crippen molar-refractivity contribution >= 4 is 22.4 Å². The van der Waals surface area contributed by atoms with Gasteiger partial charge in [-0.1, -0.05) is 42.5 Å². The number of hydrogen-bond donors (Lipinski definition) is 1. The fourth-order valence-electron chi connectivity index (χ4n) is 2.24. The summed E-state index contributed by atoms with van der Waals surface area (Å²) in [6, 6.07) is 20.4. The van der Waals surface area contributed by atoms with Gasteiger partial charge in [0.05, 0.1) is 5.52 Å². The number of nitrogens with one attached hydrogen (secondary N) is 1. The molecule has 0 spiro atoms. The second-order valence-corrected chi connectivity index (χ2v) is 4.67. The molecule has 1 aromatic heterocycles. The van der Waals surface area contributed by atoms with Crippen LogP contribution in [0.2, 0.25) is 0 Å². The van der Waals surface area contributed by atoms with Crippen molar-refractivity contribution in [2.24, 2.45) is 0 Å². The molecule has 98 valence electrons. The molecule has 0 aliphatic carbocycles. The molecule has 1 heterocycles. The molecule has 0 amide bonds. The normalized spacial score (nSPS) is 10.4. The Kier molecular flexibility index (Phi) is 3.46. The smallest absolute Gasteiger partial charge is 0.134 e. The lowest BCUT2D eigenvalue weighted by Gasteiger charge is -2.11. The topological polar surface area (TPSA) is 24.9 Å². The van der Waals surface area contributed by atoms with E-state index >= 15 is 0 Å². The molecule has 0 unspecified atom stereocenters. The maximum Gasteiger partial charge on any atom is 0.134 e. The first kappa shape index (κ1) is 12.4. The maximum absolute atomic E-state index is 4.73. The molecule has 1 N–H and O–H groups in total. The third kappa shape index (κ3) is 2.54. The summed E-state index contributed by atoms with van der Waals surface area (Å²) >= 11 is 0. The average molecular weight is 260 g/mol. The first-order valence-corrected chi connectivity index (χ1v) is 6.68. The second kappa shape index (κ2) is 5.57. The Bertz CT molecular complexity index is 733. The van der Waals surface area contributed by atoms with Gasteiger partial charge >= 0.3 is 0 Å². The zero-order valence-corrected chi connectivity index (χ0v) is 11.2. The van der Waals surface area contributed by atoms with E-state index in [1.807, 2.05) is 54.6 Å². The van der Waals surface area contributed by atoms with Gasteiger partial charge < -0.3 is 5.32 Å². The Morgan fingerprint density at radius 2 is 1.75 bits per heavy atom.